The quantitative estimate of drug-likeness (QED) is 0.924. The van der Waals surface area contributed by atoms with E-state index in [1.54, 1.807) is 12.4 Å². The molecule has 0 bridgehead atoms. The van der Waals surface area contributed by atoms with Crippen LogP contribution in [0.2, 0.25) is 0 Å². The monoisotopic (exact) mass is 308 g/mol. The normalized spacial score (nSPS) is 19.9. The minimum Gasteiger partial charge on any atom is -0.334 e. The topological polar surface area (TPSA) is 63.8 Å². The van der Waals surface area contributed by atoms with Crippen LogP contribution in [0.25, 0.3) is 11.5 Å². The summed E-state index contributed by atoms with van der Waals surface area (Å²) >= 11 is 3.38. The van der Waals surface area contributed by atoms with Crippen molar-refractivity contribution in [2.45, 2.75) is 25.3 Å². The Hall–Kier alpha value is -1.27. The molecule has 2 aromatic heterocycles. The third-order valence-electron chi connectivity index (χ3n) is 3.02. The summed E-state index contributed by atoms with van der Waals surface area (Å²) in [6.45, 7) is 1.02. The van der Waals surface area contributed by atoms with Crippen molar-refractivity contribution < 1.29 is 4.52 Å². The molecule has 1 aliphatic heterocycles. The zero-order valence-corrected chi connectivity index (χ0v) is 11.4. The maximum atomic E-state index is 5.30. The van der Waals surface area contributed by atoms with Crippen molar-refractivity contribution in [1.82, 2.24) is 20.4 Å². The van der Waals surface area contributed by atoms with Gasteiger partial charge in [-0.1, -0.05) is 11.6 Å². The van der Waals surface area contributed by atoms with E-state index in [1.807, 2.05) is 6.07 Å². The molecule has 0 radical (unpaired) electrons. The van der Waals surface area contributed by atoms with Crippen molar-refractivity contribution in [3.8, 4) is 11.5 Å². The maximum Gasteiger partial charge on any atom is 0.259 e. The van der Waals surface area contributed by atoms with Crippen LogP contribution in [-0.4, -0.2) is 21.7 Å². The highest BCUT2D eigenvalue weighted by atomic mass is 79.9. The highest BCUT2D eigenvalue weighted by Gasteiger charge is 2.20. The molecule has 1 aliphatic rings. The summed E-state index contributed by atoms with van der Waals surface area (Å²) in [5.74, 6) is 1.26. The number of hydrogen-bond donors (Lipinski definition) is 1. The van der Waals surface area contributed by atoms with Gasteiger partial charge in [0.2, 0.25) is 0 Å². The van der Waals surface area contributed by atoms with Crippen molar-refractivity contribution in [3.63, 3.8) is 0 Å². The molecule has 0 aliphatic carbocycles. The second-order valence-electron chi connectivity index (χ2n) is 4.35. The average molecular weight is 309 g/mol. The van der Waals surface area contributed by atoms with E-state index in [2.05, 4.69) is 36.4 Å². The first-order valence-corrected chi connectivity index (χ1v) is 6.80. The fourth-order valence-electron chi connectivity index (χ4n) is 2.09. The van der Waals surface area contributed by atoms with Crippen molar-refractivity contribution in [2.75, 3.05) is 6.54 Å². The zero-order chi connectivity index (χ0) is 12.4. The number of halogens is 1. The molecule has 0 aromatic carbocycles. The Morgan fingerprint density at radius 2 is 2.28 bits per heavy atom. The minimum absolute atomic E-state index is 0.219. The third kappa shape index (κ3) is 2.44. The van der Waals surface area contributed by atoms with E-state index >= 15 is 0 Å². The fourth-order valence-corrected chi connectivity index (χ4v) is 2.46. The highest BCUT2D eigenvalue weighted by Crippen LogP contribution is 2.24. The molecule has 0 amide bonds. The summed E-state index contributed by atoms with van der Waals surface area (Å²) in [5, 5.41) is 7.46. The summed E-state index contributed by atoms with van der Waals surface area (Å²) < 4.78 is 6.20. The summed E-state index contributed by atoms with van der Waals surface area (Å²) in [6.07, 6.45) is 6.94. The number of rotatable bonds is 2. The molecule has 0 spiro atoms. The SMILES string of the molecule is Brc1cncc(-c2nc(C3CCCCN3)no2)c1. The van der Waals surface area contributed by atoms with E-state index in [0.717, 1.165) is 28.8 Å². The Bertz CT molecular complexity index is 536. The Labute approximate surface area is 113 Å². The van der Waals surface area contributed by atoms with Crippen LogP contribution in [0.1, 0.15) is 31.1 Å². The lowest BCUT2D eigenvalue weighted by atomic mass is 10.0. The first kappa shape index (κ1) is 11.8. The van der Waals surface area contributed by atoms with E-state index in [9.17, 15) is 0 Å². The summed E-state index contributed by atoms with van der Waals surface area (Å²) in [6, 6.07) is 2.13. The molecule has 3 rings (SSSR count). The van der Waals surface area contributed by atoms with Gasteiger partial charge < -0.3 is 9.84 Å². The van der Waals surface area contributed by atoms with Crippen molar-refractivity contribution >= 4 is 15.9 Å². The summed E-state index contributed by atoms with van der Waals surface area (Å²) in [5.41, 5.74) is 0.832. The van der Waals surface area contributed by atoms with Crippen LogP contribution in [0.3, 0.4) is 0 Å². The van der Waals surface area contributed by atoms with Gasteiger partial charge in [-0.25, -0.2) is 0 Å². The molecule has 1 atom stereocenters. The molecule has 1 fully saturated rings. The second kappa shape index (κ2) is 5.16. The molecule has 6 heteroatoms. The Balaban J connectivity index is 1.84. The molecule has 1 unspecified atom stereocenters. The van der Waals surface area contributed by atoms with Gasteiger partial charge in [0.1, 0.15) is 0 Å². The average Bonchev–Trinajstić information content (AvgIpc) is 2.89. The molecule has 0 saturated carbocycles. The fraction of sp³-hybridized carbons (Fsp3) is 0.417. The molecular weight excluding hydrogens is 296 g/mol. The van der Waals surface area contributed by atoms with Gasteiger partial charge in [0.05, 0.1) is 11.6 Å². The van der Waals surface area contributed by atoms with Crippen molar-refractivity contribution in [1.29, 1.82) is 0 Å². The molecule has 1 N–H and O–H groups in total. The first-order valence-electron chi connectivity index (χ1n) is 6.01. The van der Waals surface area contributed by atoms with Gasteiger partial charge in [-0.15, -0.1) is 0 Å². The lowest BCUT2D eigenvalue weighted by molar-refractivity contribution is 0.367. The third-order valence-corrected chi connectivity index (χ3v) is 3.45. The van der Waals surface area contributed by atoms with Crippen LogP contribution in [0.4, 0.5) is 0 Å². The van der Waals surface area contributed by atoms with E-state index in [-0.39, 0.29) is 6.04 Å². The Morgan fingerprint density at radius 1 is 1.33 bits per heavy atom. The number of pyridine rings is 1. The van der Waals surface area contributed by atoms with Crippen LogP contribution in [0.5, 0.6) is 0 Å². The van der Waals surface area contributed by atoms with E-state index in [0.29, 0.717) is 5.89 Å². The largest absolute Gasteiger partial charge is 0.334 e. The number of nitrogens with zero attached hydrogens (tertiary/aromatic N) is 3. The van der Waals surface area contributed by atoms with Crippen LogP contribution < -0.4 is 5.32 Å². The molecule has 5 nitrogen and oxygen atoms in total. The van der Waals surface area contributed by atoms with E-state index in [1.165, 1.54) is 12.8 Å². The van der Waals surface area contributed by atoms with E-state index < -0.39 is 0 Å². The Kier molecular flexibility index (Phi) is 3.38. The molecule has 2 aromatic rings. The van der Waals surface area contributed by atoms with Crippen LogP contribution >= 0.6 is 15.9 Å². The van der Waals surface area contributed by atoms with Crippen molar-refractivity contribution in [3.05, 3.63) is 28.8 Å². The van der Waals surface area contributed by atoms with Gasteiger partial charge in [-0.05, 0) is 41.4 Å². The van der Waals surface area contributed by atoms with Crippen LogP contribution in [0, 0.1) is 0 Å². The molecule has 1 saturated heterocycles. The summed E-state index contributed by atoms with van der Waals surface area (Å²) in [4.78, 5) is 8.54. The van der Waals surface area contributed by atoms with Crippen LogP contribution in [-0.2, 0) is 0 Å². The summed E-state index contributed by atoms with van der Waals surface area (Å²) in [7, 11) is 0. The lowest BCUT2D eigenvalue weighted by Gasteiger charge is -2.19. The zero-order valence-electron chi connectivity index (χ0n) is 9.77. The lowest BCUT2D eigenvalue weighted by Crippen LogP contribution is -2.27. The first-order chi connectivity index (χ1) is 8.83. The van der Waals surface area contributed by atoms with E-state index in [4.69, 9.17) is 4.52 Å². The number of hydrogen-bond acceptors (Lipinski definition) is 5. The number of nitrogens with one attached hydrogen (secondary N) is 1. The van der Waals surface area contributed by atoms with Gasteiger partial charge in [-0.3, -0.25) is 4.98 Å². The predicted octanol–water partition coefficient (Wildman–Crippen LogP) is 2.71. The standard InChI is InChI=1S/C12H13BrN4O/c13-9-5-8(6-14-7-9)12-16-11(17-18-12)10-3-1-2-4-15-10/h5-7,10,15H,1-4H2. The van der Waals surface area contributed by atoms with Gasteiger partial charge in [0.25, 0.3) is 5.89 Å². The minimum atomic E-state index is 0.219. The van der Waals surface area contributed by atoms with Gasteiger partial charge in [0, 0.05) is 16.9 Å². The second-order valence-corrected chi connectivity index (χ2v) is 5.27. The van der Waals surface area contributed by atoms with Crippen molar-refractivity contribution in [2.24, 2.45) is 0 Å². The Morgan fingerprint density at radius 3 is 3.06 bits per heavy atom. The van der Waals surface area contributed by atoms with Gasteiger partial charge in [0.15, 0.2) is 5.82 Å². The molecular formula is C12H13BrN4O. The predicted molar refractivity (Wildman–Crippen MR) is 69.8 cm³/mol. The number of aromatic nitrogens is 3. The van der Waals surface area contributed by atoms with Gasteiger partial charge >= 0.3 is 0 Å². The van der Waals surface area contributed by atoms with Gasteiger partial charge in [-0.2, -0.15) is 4.98 Å². The molecule has 94 valence electrons. The highest BCUT2D eigenvalue weighted by molar-refractivity contribution is 9.10. The maximum absolute atomic E-state index is 5.30. The smallest absolute Gasteiger partial charge is 0.259 e. The van der Waals surface area contributed by atoms with Crippen LogP contribution in [0.15, 0.2) is 27.5 Å². The molecule has 18 heavy (non-hydrogen) atoms. The number of piperidine rings is 1. The molecule has 3 heterocycles.